The van der Waals surface area contributed by atoms with Gasteiger partial charge in [-0.3, -0.25) is 9.69 Å². The van der Waals surface area contributed by atoms with Crippen LogP contribution in [0.25, 0.3) is 0 Å². The van der Waals surface area contributed by atoms with Crippen LogP contribution in [0.3, 0.4) is 0 Å². The number of hydrogen-bond donors (Lipinski definition) is 1. The zero-order valence-corrected chi connectivity index (χ0v) is 15.8. The number of nitrogens with zero attached hydrogens (tertiary/aromatic N) is 1. The van der Waals surface area contributed by atoms with Gasteiger partial charge >= 0.3 is 0 Å². The number of benzene rings is 1. The highest BCUT2D eigenvalue weighted by atomic mass is 32.2. The standard InChI is InChI=1S/C17H26N2O5S/c1-17(2,19-8-10-23-11-9-19)13-18-16(20)12-24-14-4-6-15(7-5-14)25(3,21)22/h4-7H,8-13H2,1-3H3,(H,18,20). The molecule has 1 aliphatic rings. The molecule has 1 N–H and O–H groups in total. The number of carbonyl (C=O) groups is 1. The van der Waals surface area contributed by atoms with Gasteiger partial charge in [0.25, 0.3) is 5.91 Å². The lowest BCUT2D eigenvalue weighted by atomic mass is 10.0. The molecule has 140 valence electrons. The topological polar surface area (TPSA) is 84.9 Å². The molecule has 0 bridgehead atoms. The minimum absolute atomic E-state index is 0.114. The van der Waals surface area contributed by atoms with Gasteiger partial charge in [0.15, 0.2) is 16.4 Å². The summed E-state index contributed by atoms with van der Waals surface area (Å²) in [5, 5.41) is 2.88. The second-order valence-corrected chi connectivity index (χ2v) is 8.74. The van der Waals surface area contributed by atoms with Gasteiger partial charge in [0, 0.05) is 31.4 Å². The van der Waals surface area contributed by atoms with Gasteiger partial charge in [-0.1, -0.05) is 0 Å². The van der Waals surface area contributed by atoms with Crippen LogP contribution in [0.1, 0.15) is 13.8 Å². The lowest BCUT2D eigenvalue weighted by Gasteiger charge is -2.40. The number of rotatable bonds is 7. The van der Waals surface area contributed by atoms with E-state index in [4.69, 9.17) is 9.47 Å². The molecule has 1 fully saturated rings. The average Bonchev–Trinajstić information content (AvgIpc) is 2.58. The Balaban J connectivity index is 1.78. The smallest absolute Gasteiger partial charge is 0.258 e. The number of nitrogens with one attached hydrogen (secondary N) is 1. The molecule has 0 radical (unpaired) electrons. The van der Waals surface area contributed by atoms with Gasteiger partial charge in [0.05, 0.1) is 18.1 Å². The second-order valence-electron chi connectivity index (χ2n) is 6.72. The molecule has 7 nitrogen and oxygen atoms in total. The van der Waals surface area contributed by atoms with Crippen LogP contribution >= 0.6 is 0 Å². The van der Waals surface area contributed by atoms with E-state index in [-0.39, 0.29) is 22.9 Å². The van der Waals surface area contributed by atoms with Crippen molar-refractivity contribution >= 4 is 15.7 Å². The van der Waals surface area contributed by atoms with Crippen LogP contribution in [0, 0.1) is 0 Å². The second kappa shape index (κ2) is 8.16. The van der Waals surface area contributed by atoms with Crippen LogP contribution in [0.2, 0.25) is 0 Å². The van der Waals surface area contributed by atoms with Gasteiger partial charge in [0.2, 0.25) is 0 Å². The predicted octanol–water partition coefficient (Wildman–Crippen LogP) is 0.696. The molecule has 1 amide bonds. The molecule has 1 aliphatic heterocycles. The van der Waals surface area contributed by atoms with E-state index >= 15 is 0 Å². The maximum Gasteiger partial charge on any atom is 0.258 e. The number of sulfone groups is 1. The Kier molecular flexibility index (Phi) is 6.42. The Morgan fingerprint density at radius 2 is 1.84 bits per heavy atom. The van der Waals surface area contributed by atoms with Crippen molar-refractivity contribution in [1.82, 2.24) is 10.2 Å². The number of morpholine rings is 1. The molecule has 0 atom stereocenters. The minimum Gasteiger partial charge on any atom is -0.484 e. The summed E-state index contributed by atoms with van der Waals surface area (Å²) in [5.74, 6) is 0.239. The summed E-state index contributed by atoms with van der Waals surface area (Å²) in [4.78, 5) is 14.5. The van der Waals surface area contributed by atoms with Crippen LogP contribution in [-0.4, -0.2) is 70.5 Å². The molecule has 2 rings (SSSR count). The Morgan fingerprint density at radius 1 is 1.24 bits per heavy atom. The summed E-state index contributed by atoms with van der Waals surface area (Å²) in [6.07, 6.45) is 1.15. The lowest BCUT2D eigenvalue weighted by molar-refractivity contribution is -0.123. The van der Waals surface area contributed by atoms with Gasteiger partial charge in [-0.25, -0.2) is 8.42 Å². The van der Waals surface area contributed by atoms with Crippen LogP contribution in [0.5, 0.6) is 5.75 Å². The third kappa shape index (κ3) is 5.98. The molecule has 0 aromatic heterocycles. The first-order chi connectivity index (χ1) is 11.7. The van der Waals surface area contributed by atoms with Crippen molar-refractivity contribution in [3.63, 3.8) is 0 Å². The van der Waals surface area contributed by atoms with Crippen LogP contribution in [0.4, 0.5) is 0 Å². The van der Waals surface area contributed by atoms with Crippen molar-refractivity contribution in [2.45, 2.75) is 24.3 Å². The molecule has 25 heavy (non-hydrogen) atoms. The van der Waals surface area contributed by atoms with E-state index in [9.17, 15) is 13.2 Å². The molecule has 1 saturated heterocycles. The summed E-state index contributed by atoms with van der Waals surface area (Å²) in [5.41, 5.74) is -0.156. The summed E-state index contributed by atoms with van der Waals surface area (Å²) in [6.45, 7) is 7.71. The fourth-order valence-electron chi connectivity index (χ4n) is 2.58. The van der Waals surface area contributed by atoms with Gasteiger partial charge < -0.3 is 14.8 Å². The molecule has 1 heterocycles. The highest BCUT2D eigenvalue weighted by Crippen LogP contribution is 2.16. The van der Waals surface area contributed by atoms with Crippen molar-refractivity contribution in [3.05, 3.63) is 24.3 Å². The minimum atomic E-state index is -3.24. The largest absolute Gasteiger partial charge is 0.484 e. The Morgan fingerprint density at radius 3 is 2.40 bits per heavy atom. The Bertz CT molecular complexity index is 679. The number of ether oxygens (including phenoxy) is 2. The first-order valence-corrected chi connectivity index (χ1v) is 10.1. The van der Waals surface area contributed by atoms with Crippen molar-refractivity contribution in [2.24, 2.45) is 0 Å². The van der Waals surface area contributed by atoms with E-state index in [1.54, 1.807) is 12.1 Å². The maximum atomic E-state index is 12.0. The van der Waals surface area contributed by atoms with Crippen molar-refractivity contribution in [1.29, 1.82) is 0 Å². The Hall–Kier alpha value is -1.64. The maximum absolute atomic E-state index is 12.0. The molecule has 1 aromatic carbocycles. The monoisotopic (exact) mass is 370 g/mol. The molecule has 0 saturated carbocycles. The molecule has 1 aromatic rings. The molecule has 0 unspecified atom stereocenters. The quantitative estimate of drug-likeness (QED) is 0.760. The average molecular weight is 370 g/mol. The van der Waals surface area contributed by atoms with Crippen LogP contribution in [-0.2, 0) is 19.4 Å². The van der Waals surface area contributed by atoms with E-state index in [0.717, 1.165) is 19.3 Å². The molecule has 0 spiro atoms. The van der Waals surface area contributed by atoms with Crippen molar-refractivity contribution in [3.8, 4) is 5.75 Å². The summed E-state index contributed by atoms with van der Waals surface area (Å²) >= 11 is 0. The normalized spacial score (nSPS) is 16.4. The summed E-state index contributed by atoms with van der Waals surface area (Å²) in [6, 6.07) is 6.01. The Labute approximate surface area is 149 Å². The zero-order valence-electron chi connectivity index (χ0n) is 14.9. The SMILES string of the molecule is CC(C)(CNC(=O)COc1ccc(S(C)(=O)=O)cc1)N1CCOCC1. The molecular formula is C17H26N2O5S. The van der Waals surface area contributed by atoms with Crippen LogP contribution < -0.4 is 10.1 Å². The van der Waals surface area contributed by atoms with E-state index < -0.39 is 9.84 Å². The third-order valence-electron chi connectivity index (χ3n) is 4.21. The number of hydrogen-bond acceptors (Lipinski definition) is 6. The fraction of sp³-hybridized carbons (Fsp3) is 0.588. The van der Waals surface area contributed by atoms with E-state index in [1.807, 2.05) is 0 Å². The predicted molar refractivity (Wildman–Crippen MR) is 94.5 cm³/mol. The van der Waals surface area contributed by atoms with E-state index in [0.29, 0.717) is 25.5 Å². The molecular weight excluding hydrogens is 344 g/mol. The van der Waals surface area contributed by atoms with Gasteiger partial charge in [0.1, 0.15) is 5.75 Å². The van der Waals surface area contributed by atoms with E-state index in [1.165, 1.54) is 12.1 Å². The van der Waals surface area contributed by atoms with Crippen molar-refractivity contribution < 1.29 is 22.7 Å². The lowest BCUT2D eigenvalue weighted by Crippen LogP contribution is -2.55. The van der Waals surface area contributed by atoms with Gasteiger partial charge in [-0.15, -0.1) is 0 Å². The number of carbonyl (C=O) groups excluding carboxylic acids is 1. The highest BCUT2D eigenvalue weighted by Gasteiger charge is 2.28. The first kappa shape index (κ1) is 19.7. The molecule has 0 aliphatic carbocycles. The third-order valence-corrected chi connectivity index (χ3v) is 5.34. The van der Waals surface area contributed by atoms with Gasteiger partial charge in [-0.05, 0) is 38.1 Å². The highest BCUT2D eigenvalue weighted by molar-refractivity contribution is 7.90. The van der Waals surface area contributed by atoms with Gasteiger partial charge in [-0.2, -0.15) is 0 Å². The summed E-state index contributed by atoms with van der Waals surface area (Å²) < 4.78 is 33.6. The fourth-order valence-corrected chi connectivity index (χ4v) is 3.21. The summed E-state index contributed by atoms with van der Waals surface area (Å²) in [7, 11) is -3.24. The van der Waals surface area contributed by atoms with Crippen LogP contribution in [0.15, 0.2) is 29.2 Å². The van der Waals surface area contributed by atoms with E-state index in [2.05, 4.69) is 24.1 Å². The zero-order chi connectivity index (χ0) is 18.5. The first-order valence-electron chi connectivity index (χ1n) is 8.21. The molecule has 8 heteroatoms. The number of amides is 1. The van der Waals surface area contributed by atoms with Crippen molar-refractivity contribution in [2.75, 3.05) is 45.7 Å².